The molecule has 1 aromatic heterocycles. The van der Waals surface area contributed by atoms with Gasteiger partial charge >= 0.3 is 11.9 Å². The number of hydrogen-bond acceptors (Lipinski definition) is 7. The number of likely N-dealkylation sites (tertiary alicyclic amines) is 1. The summed E-state index contributed by atoms with van der Waals surface area (Å²) in [6, 6.07) is 2.63. The van der Waals surface area contributed by atoms with Crippen LogP contribution in [0.1, 0.15) is 31.2 Å². The van der Waals surface area contributed by atoms with E-state index < -0.39 is 66.9 Å². The first-order chi connectivity index (χ1) is 17.6. The highest BCUT2D eigenvalue weighted by atomic mass is 16.4. The predicted molar refractivity (Wildman–Crippen MR) is 130 cm³/mol. The molecule has 1 aliphatic heterocycles. The summed E-state index contributed by atoms with van der Waals surface area (Å²) in [4.78, 5) is 65.8. The van der Waals surface area contributed by atoms with Crippen LogP contribution in [0.5, 0.6) is 0 Å². The van der Waals surface area contributed by atoms with Gasteiger partial charge in [-0.3, -0.25) is 19.2 Å². The SMILES string of the molecule is NC(CO)C(=O)NC(Cc1c[nH]c2ccccc12)C(=O)N1CCCC1C(=O)NC(CCC(=O)O)C(=O)O. The molecule has 3 rings (SSSR count). The predicted octanol–water partition coefficient (Wildman–Crippen LogP) is -1.06. The number of aliphatic hydroxyl groups excluding tert-OH is 1. The molecule has 0 saturated carbocycles. The lowest BCUT2D eigenvalue weighted by molar-refractivity contribution is -0.145. The Morgan fingerprint density at radius 1 is 1.11 bits per heavy atom. The second kappa shape index (κ2) is 12.3. The Morgan fingerprint density at radius 3 is 2.51 bits per heavy atom. The molecule has 0 aliphatic carbocycles. The number of nitrogens with one attached hydrogen (secondary N) is 3. The van der Waals surface area contributed by atoms with Crippen molar-refractivity contribution in [2.75, 3.05) is 13.2 Å². The van der Waals surface area contributed by atoms with Crippen LogP contribution < -0.4 is 16.4 Å². The fourth-order valence-corrected chi connectivity index (χ4v) is 4.38. The van der Waals surface area contributed by atoms with E-state index in [9.17, 15) is 34.2 Å². The van der Waals surface area contributed by atoms with E-state index in [1.54, 1.807) is 6.20 Å². The fraction of sp³-hybridized carbons (Fsp3) is 0.458. The highest BCUT2D eigenvalue weighted by Crippen LogP contribution is 2.23. The third-order valence-electron chi connectivity index (χ3n) is 6.35. The number of nitrogens with two attached hydrogens (primary N) is 1. The number of amides is 3. The maximum absolute atomic E-state index is 13.6. The largest absolute Gasteiger partial charge is 0.481 e. The number of hydrogen-bond donors (Lipinski definition) is 7. The molecule has 37 heavy (non-hydrogen) atoms. The zero-order valence-corrected chi connectivity index (χ0v) is 20.1. The van der Waals surface area contributed by atoms with Crippen LogP contribution in [0, 0.1) is 0 Å². The summed E-state index contributed by atoms with van der Waals surface area (Å²) in [5.41, 5.74) is 7.21. The summed E-state index contributed by atoms with van der Waals surface area (Å²) in [6.07, 6.45) is 1.78. The van der Waals surface area contributed by atoms with Crippen molar-refractivity contribution in [3.05, 3.63) is 36.0 Å². The van der Waals surface area contributed by atoms with Crippen LogP contribution in [-0.4, -0.2) is 92.2 Å². The molecule has 1 aromatic carbocycles. The number of carbonyl (C=O) groups excluding carboxylic acids is 3. The van der Waals surface area contributed by atoms with Crippen LogP contribution in [0.4, 0.5) is 0 Å². The molecule has 2 aromatic rings. The molecular formula is C24H31N5O8. The number of carboxylic acid groups (broad SMARTS) is 2. The number of aromatic amines is 1. The lowest BCUT2D eigenvalue weighted by Gasteiger charge is -2.30. The van der Waals surface area contributed by atoms with Crippen molar-refractivity contribution in [1.82, 2.24) is 20.5 Å². The van der Waals surface area contributed by atoms with Gasteiger partial charge in [-0.1, -0.05) is 18.2 Å². The number of aliphatic carboxylic acids is 2. The van der Waals surface area contributed by atoms with Crippen molar-refractivity contribution in [2.24, 2.45) is 5.73 Å². The van der Waals surface area contributed by atoms with Crippen LogP contribution in [0.3, 0.4) is 0 Å². The first-order valence-corrected chi connectivity index (χ1v) is 11.9. The van der Waals surface area contributed by atoms with Gasteiger partial charge in [-0.25, -0.2) is 4.79 Å². The summed E-state index contributed by atoms with van der Waals surface area (Å²) in [7, 11) is 0. The van der Waals surface area contributed by atoms with E-state index in [0.717, 1.165) is 16.5 Å². The van der Waals surface area contributed by atoms with Gasteiger partial charge in [0, 0.05) is 36.5 Å². The van der Waals surface area contributed by atoms with Crippen LogP contribution >= 0.6 is 0 Å². The van der Waals surface area contributed by atoms with Gasteiger partial charge < -0.3 is 41.6 Å². The van der Waals surface area contributed by atoms with Crippen molar-refractivity contribution >= 4 is 40.6 Å². The number of aliphatic hydroxyl groups is 1. The number of carboxylic acids is 2. The maximum Gasteiger partial charge on any atom is 0.326 e. The molecule has 200 valence electrons. The number of nitrogens with zero attached hydrogens (tertiary/aromatic N) is 1. The molecule has 13 heteroatoms. The van der Waals surface area contributed by atoms with Crippen LogP contribution in [-0.2, 0) is 30.4 Å². The molecule has 2 heterocycles. The van der Waals surface area contributed by atoms with Gasteiger partial charge in [0.05, 0.1) is 6.61 Å². The molecule has 1 fully saturated rings. The van der Waals surface area contributed by atoms with Gasteiger partial charge in [0.25, 0.3) is 0 Å². The third-order valence-corrected chi connectivity index (χ3v) is 6.35. The van der Waals surface area contributed by atoms with E-state index in [0.29, 0.717) is 6.42 Å². The molecule has 1 saturated heterocycles. The number of H-pyrrole nitrogens is 1. The minimum absolute atomic E-state index is 0.0773. The van der Waals surface area contributed by atoms with Gasteiger partial charge in [0.1, 0.15) is 24.2 Å². The summed E-state index contributed by atoms with van der Waals surface area (Å²) >= 11 is 0. The monoisotopic (exact) mass is 517 g/mol. The Balaban J connectivity index is 1.81. The summed E-state index contributed by atoms with van der Waals surface area (Å²) in [6.45, 7) is -0.419. The van der Waals surface area contributed by atoms with E-state index in [1.165, 1.54) is 4.90 Å². The average molecular weight is 518 g/mol. The molecule has 3 amide bonds. The van der Waals surface area contributed by atoms with Gasteiger partial charge in [-0.05, 0) is 30.9 Å². The molecule has 0 radical (unpaired) electrons. The minimum atomic E-state index is -1.43. The van der Waals surface area contributed by atoms with Crippen LogP contribution in [0.15, 0.2) is 30.5 Å². The Hall–Kier alpha value is -3.97. The topological polar surface area (TPSA) is 215 Å². The number of para-hydroxylation sites is 1. The van der Waals surface area contributed by atoms with Crippen LogP contribution in [0.25, 0.3) is 10.9 Å². The average Bonchev–Trinajstić information content (AvgIpc) is 3.52. The highest BCUT2D eigenvalue weighted by molar-refractivity contribution is 5.95. The molecular weight excluding hydrogens is 486 g/mol. The standard InChI is InChI=1S/C24H31N5O8/c25-15(12-30)21(33)28-18(10-13-11-26-16-5-2-1-4-14(13)16)23(35)29-9-3-6-19(29)22(34)27-17(24(36)37)7-8-20(31)32/h1-2,4-5,11,15,17-19,26,30H,3,6-10,12,25H2,(H,27,34)(H,28,33)(H,31,32)(H,36,37). The van der Waals surface area contributed by atoms with Crippen molar-refractivity contribution in [1.29, 1.82) is 0 Å². The number of carbonyl (C=O) groups is 5. The van der Waals surface area contributed by atoms with Crippen molar-refractivity contribution in [3.63, 3.8) is 0 Å². The molecule has 8 N–H and O–H groups in total. The van der Waals surface area contributed by atoms with E-state index in [1.807, 2.05) is 24.3 Å². The van der Waals surface area contributed by atoms with Gasteiger partial charge in [-0.2, -0.15) is 0 Å². The molecule has 13 nitrogen and oxygen atoms in total. The van der Waals surface area contributed by atoms with Gasteiger partial charge in [0.15, 0.2) is 0 Å². The van der Waals surface area contributed by atoms with Crippen molar-refractivity contribution in [2.45, 2.75) is 56.3 Å². The molecule has 0 spiro atoms. The normalized spacial score (nSPS) is 17.7. The Kier molecular flexibility index (Phi) is 9.20. The molecule has 0 bridgehead atoms. The minimum Gasteiger partial charge on any atom is -0.481 e. The number of rotatable bonds is 12. The number of fused-ring (bicyclic) bond motifs is 1. The molecule has 4 atom stereocenters. The summed E-state index contributed by atoms with van der Waals surface area (Å²) in [5.74, 6) is -4.59. The van der Waals surface area contributed by atoms with E-state index >= 15 is 0 Å². The van der Waals surface area contributed by atoms with E-state index in [-0.39, 0.29) is 25.8 Å². The fourth-order valence-electron chi connectivity index (χ4n) is 4.38. The zero-order valence-electron chi connectivity index (χ0n) is 20.1. The first-order valence-electron chi connectivity index (χ1n) is 11.9. The van der Waals surface area contributed by atoms with Crippen molar-refractivity contribution < 1.29 is 39.3 Å². The second-order valence-electron chi connectivity index (χ2n) is 8.94. The van der Waals surface area contributed by atoms with E-state index in [2.05, 4.69) is 15.6 Å². The molecule has 1 aliphatic rings. The summed E-state index contributed by atoms with van der Waals surface area (Å²) < 4.78 is 0. The molecule has 4 unspecified atom stereocenters. The quantitative estimate of drug-likeness (QED) is 0.182. The Labute approximate surface area is 212 Å². The van der Waals surface area contributed by atoms with Crippen molar-refractivity contribution in [3.8, 4) is 0 Å². The Morgan fingerprint density at radius 2 is 1.84 bits per heavy atom. The van der Waals surface area contributed by atoms with Gasteiger partial charge in [-0.15, -0.1) is 0 Å². The first kappa shape index (κ1) is 27.6. The third kappa shape index (κ3) is 6.83. The maximum atomic E-state index is 13.6. The lowest BCUT2D eigenvalue weighted by Crippen LogP contribution is -2.57. The van der Waals surface area contributed by atoms with Gasteiger partial charge in [0.2, 0.25) is 17.7 Å². The van der Waals surface area contributed by atoms with Crippen LogP contribution in [0.2, 0.25) is 0 Å². The Bertz CT molecular complexity index is 1160. The number of aromatic nitrogens is 1. The number of benzene rings is 1. The summed E-state index contributed by atoms with van der Waals surface area (Å²) in [5, 5.41) is 33.2. The highest BCUT2D eigenvalue weighted by Gasteiger charge is 2.39. The zero-order chi connectivity index (χ0) is 27.1. The second-order valence-corrected chi connectivity index (χ2v) is 8.94. The van der Waals surface area contributed by atoms with E-state index in [4.69, 9.17) is 10.8 Å². The lowest BCUT2D eigenvalue weighted by atomic mass is 10.0. The smallest absolute Gasteiger partial charge is 0.326 e.